The summed E-state index contributed by atoms with van der Waals surface area (Å²) in [6, 6.07) is 12.1. The van der Waals surface area contributed by atoms with Gasteiger partial charge in [-0.25, -0.2) is 11.1 Å². The fourth-order valence-corrected chi connectivity index (χ4v) is 6.10. The molecular weight excluding hydrogens is 578 g/mol. The summed E-state index contributed by atoms with van der Waals surface area (Å²) >= 11 is 1.41. The molecule has 2 unspecified atom stereocenters. The average Bonchev–Trinajstić information content (AvgIpc) is 3.01. The predicted octanol–water partition coefficient (Wildman–Crippen LogP) is 0.537. The van der Waals surface area contributed by atoms with Crippen LogP contribution < -0.4 is 24.8 Å². The van der Waals surface area contributed by atoms with Gasteiger partial charge >= 0.3 is 71.2 Å². The van der Waals surface area contributed by atoms with Gasteiger partial charge in [-0.2, -0.15) is 22.3 Å². The average molecular weight is 612 g/mol. The van der Waals surface area contributed by atoms with E-state index in [2.05, 4.69) is 97.9 Å². The summed E-state index contributed by atoms with van der Waals surface area (Å²) in [5.41, 5.74) is 10.0. The van der Waals surface area contributed by atoms with Crippen LogP contribution >= 0.6 is 0 Å². The van der Waals surface area contributed by atoms with Gasteiger partial charge in [0.15, 0.2) is 0 Å². The second-order valence-electron chi connectivity index (χ2n) is 7.49. The fraction of sp³-hybridized carbons (Fsp3) is 0.440. The van der Waals surface area contributed by atoms with Crippen LogP contribution in [0.5, 0.6) is 0 Å². The summed E-state index contributed by atoms with van der Waals surface area (Å²) in [6.45, 7) is 17.3. The molecule has 4 heteroatoms. The van der Waals surface area contributed by atoms with Gasteiger partial charge in [-0.05, 0) is 0 Å². The Morgan fingerprint density at radius 1 is 0.759 bits per heavy atom. The number of hydrogen-bond acceptors (Lipinski definition) is 0. The molecule has 3 rings (SSSR count). The van der Waals surface area contributed by atoms with Crippen LogP contribution in [-0.4, -0.2) is 6.22 Å². The molecule has 0 nitrogen and oxygen atoms in total. The minimum absolute atomic E-state index is 0. The Kier molecular flexibility index (Phi) is 16.7. The van der Waals surface area contributed by atoms with E-state index in [9.17, 15) is 0 Å². The zero-order valence-electron chi connectivity index (χ0n) is 19.1. The molecular formula is C25H34Cl2HfSi-2. The molecule has 29 heavy (non-hydrogen) atoms. The molecule has 2 aliphatic rings. The Balaban J connectivity index is 0. The first-order chi connectivity index (χ1) is 12.7. The van der Waals surface area contributed by atoms with Crippen LogP contribution in [0.4, 0.5) is 0 Å². The summed E-state index contributed by atoms with van der Waals surface area (Å²) in [4.78, 5) is 0. The Bertz CT molecular complexity index is 729. The molecule has 2 aliphatic carbocycles. The molecule has 0 aliphatic heterocycles. The van der Waals surface area contributed by atoms with E-state index in [1.54, 1.807) is 0 Å². The maximum atomic E-state index is 3.36. The van der Waals surface area contributed by atoms with Crippen LogP contribution in [0.25, 0.3) is 0 Å². The van der Waals surface area contributed by atoms with Gasteiger partial charge in [0.1, 0.15) is 0 Å². The summed E-state index contributed by atoms with van der Waals surface area (Å²) in [7, 11) is 0. The molecule has 0 fully saturated rings. The molecule has 2 atom stereocenters. The van der Waals surface area contributed by atoms with E-state index in [4.69, 9.17) is 0 Å². The number of benzene rings is 1. The second kappa shape index (κ2) is 15.6. The molecule has 0 spiro atoms. The van der Waals surface area contributed by atoms with Crippen LogP contribution in [0.2, 0.25) is 0 Å². The molecule has 1 aromatic carbocycles. The summed E-state index contributed by atoms with van der Waals surface area (Å²) in [5.74, 6) is 1.12. The van der Waals surface area contributed by atoms with E-state index < -0.39 is 0 Å². The Labute approximate surface area is 207 Å². The van der Waals surface area contributed by atoms with Crippen LogP contribution in [-0.2, 0) is 29.0 Å². The number of halogens is 2. The summed E-state index contributed by atoms with van der Waals surface area (Å²) in [6.07, 6.45) is 7.48. The van der Waals surface area contributed by atoms with Crippen molar-refractivity contribution in [3.8, 4) is 0 Å². The van der Waals surface area contributed by atoms with Crippen molar-refractivity contribution in [3.05, 3.63) is 81.5 Å². The second-order valence-corrected chi connectivity index (χ2v) is 12.7. The Morgan fingerprint density at radius 2 is 1.14 bits per heavy atom. The zero-order valence-corrected chi connectivity index (χ0v) is 25.3. The molecule has 0 N–H and O–H groups in total. The van der Waals surface area contributed by atoms with Crippen molar-refractivity contribution in [3.63, 3.8) is 0 Å². The number of allylic oxidation sites excluding steroid dienone is 8. The van der Waals surface area contributed by atoms with Gasteiger partial charge in [0.2, 0.25) is 0 Å². The summed E-state index contributed by atoms with van der Waals surface area (Å²) in [5, 5.41) is 0. The molecule has 0 bridgehead atoms. The fourth-order valence-electron chi connectivity index (χ4n) is 3.06. The molecule has 0 radical (unpaired) electrons. The first-order valence-corrected chi connectivity index (χ1v) is 17.4. The van der Waals surface area contributed by atoms with Gasteiger partial charge in [-0.3, -0.25) is 12.2 Å². The molecule has 0 saturated heterocycles. The Hall–Kier alpha value is -0.153. The topological polar surface area (TPSA) is 0 Å². The van der Waals surface area contributed by atoms with Gasteiger partial charge < -0.3 is 24.8 Å². The zero-order chi connectivity index (χ0) is 20.6. The van der Waals surface area contributed by atoms with Crippen LogP contribution in [0, 0.1) is 24.0 Å². The third kappa shape index (κ3) is 10.1. The number of hydrogen-bond donors (Lipinski definition) is 0. The molecule has 0 aromatic heterocycles. The van der Waals surface area contributed by atoms with Gasteiger partial charge in [0.05, 0.1) is 0 Å². The van der Waals surface area contributed by atoms with Crippen LogP contribution in [0.1, 0.15) is 61.0 Å². The molecule has 0 heterocycles. The van der Waals surface area contributed by atoms with Crippen molar-refractivity contribution < 1.29 is 47.8 Å². The van der Waals surface area contributed by atoms with E-state index in [1.807, 2.05) is 0 Å². The van der Waals surface area contributed by atoms with Gasteiger partial charge in [-0.15, -0.1) is 13.8 Å². The first kappa shape index (κ1) is 31.0. The van der Waals surface area contributed by atoms with Gasteiger partial charge in [0.25, 0.3) is 0 Å². The van der Waals surface area contributed by atoms with E-state index in [0.29, 0.717) is 11.8 Å². The van der Waals surface area contributed by atoms with E-state index in [-0.39, 0.29) is 24.8 Å². The van der Waals surface area contributed by atoms with Gasteiger partial charge in [-0.1, -0.05) is 53.4 Å². The normalized spacial score (nSPS) is 19.7. The van der Waals surface area contributed by atoms with E-state index in [1.165, 1.54) is 68.0 Å². The van der Waals surface area contributed by atoms with Crippen LogP contribution in [0.15, 0.2) is 63.8 Å². The minimum atomic E-state index is 0. The van der Waals surface area contributed by atoms with Crippen molar-refractivity contribution in [2.75, 3.05) is 0 Å². The SMILES string of the molecule is CC1=[C-]C(C)C(C)=C1C.CC1=[C-]C(C)C(C)=C1C.[Cl-].[Cl-].[Hf+2]=[SiH]Cc1ccccc1. The van der Waals surface area contributed by atoms with Gasteiger partial charge in [0, 0.05) is 0 Å². The van der Waals surface area contributed by atoms with Crippen molar-refractivity contribution in [2.45, 2.75) is 61.4 Å². The third-order valence-electron chi connectivity index (χ3n) is 5.65. The third-order valence-corrected chi connectivity index (χ3v) is 8.53. The maximum absolute atomic E-state index is 3.36. The molecule has 158 valence electrons. The molecule has 0 saturated carbocycles. The number of rotatable bonds is 2. The predicted molar refractivity (Wildman–Crippen MR) is 117 cm³/mol. The standard InChI is InChI=1S/2C9H13.C7H8Si.2ClH.Hf/c2*1-6-5-7(2)9(4)8(6)3;8-6-7-4-2-1-3-5-7;;;/h2*6H,1-4H3;1-5,8H,6H2;2*1H;/q2*-1;;;;+2/p-2. The van der Waals surface area contributed by atoms with E-state index in [0.717, 1.165) is 6.22 Å². The summed E-state index contributed by atoms with van der Waals surface area (Å²) < 4.78 is 0. The molecule has 0 amide bonds. The van der Waals surface area contributed by atoms with E-state index >= 15 is 0 Å². The first-order valence-electron chi connectivity index (χ1n) is 9.77. The van der Waals surface area contributed by atoms with Crippen molar-refractivity contribution in [1.29, 1.82) is 0 Å². The van der Waals surface area contributed by atoms with Crippen LogP contribution in [0.3, 0.4) is 0 Å². The molecule has 1 aromatic rings. The van der Waals surface area contributed by atoms with Crippen molar-refractivity contribution in [2.24, 2.45) is 11.8 Å². The Morgan fingerprint density at radius 3 is 1.34 bits per heavy atom. The quantitative estimate of drug-likeness (QED) is 0.339. The monoisotopic (exact) mass is 612 g/mol. The van der Waals surface area contributed by atoms with Crippen molar-refractivity contribution >= 4 is 6.22 Å². The van der Waals surface area contributed by atoms with Crippen molar-refractivity contribution in [1.82, 2.24) is 0 Å².